The van der Waals surface area contributed by atoms with Crippen molar-refractivity contribution in [3.63, 3.8) is 0 Å². The molecular weight excluding hydrogens is 411 g/mol. The predicted octanol–water partition coefficient (Wildman–Crippen LogP) is 2.35. The van der Waals surface area contributed by atoms with Crippen LogP contribution in [0.1, 0.15) is 24.1 Å². The molecule has 1 N–H and O–H groups in total. The summed E-state index contributed by atoms with van der Waals surface area (Å²) in [6.07, 6.45) is 0. The average Bonchev–Trinajstić information content (AvgIpc) is 2.80. The number of ether oxygens (including phenoxy) is 1. The molecule has 1 amide bonds. The minimum absolute atomic E-state index is 0.165. The second-order valence-electron chi connectivity index (χ2n) is 7.92. The third-order valence-corrected chi connectivity index (χ3v) is 5.77. The minimum atomic E-state index is -1.11. The molecule has 1 fully saturated rings. The van der Waals surface area contributed by atoms with Gasteiger partial charge in [-0.2, -0.15) is 0 Å². The van der Waals surface area contributed by atoms with Crippen LogP contribution < -0.4 is 5.32 Å². The number of carbonyl (C=O) groups excluding carboxylic acids is 2. The molecule has 0 bridgehead atoms. The van der Waals surface area contributed by atoms with Crippen LogP contribution >= 0.6 is 0 Å². The number of piperazine rings is 1. The molecular formula is C24H27FN4O3. The lowest BCUT2D eigenvalue weighted by Crippen LogP contribution is -2.57. The SMILES string of the molecule is CCOC(=O)[C@@H]1C(=O)NC(N2CCN(Cc3ccccc3)CC2)=N[C@H]1c1ccc(F)cc1. The van der Waals surface area contributed by atoms with E-state index in [1.54, 1.807) is 19.1 Å². The third kappa shape index (κ3) is 4.96. The number of carbonyl (C=O) groups is 2. The van der Waals surface area contributed by atoms with Crippen LogP contribution in [0.2, 0.25) is 0 Å². The van der Waals surface area contributed by atoms with E-state index in [-0.39, 0.29) is 12.4 Å². The number of hydrogen-bond acceptors (Lipinski definition) is 6. The number of halogens is 1. The van der Waals surface area contributed by atoms with Crippen molar-refractivity contribution in [3.8, 4) is 0 Å². The zero-order valence-electron chi connectivity index (χ0n) is 18.0. The van der Waals surface area contributed by atoms with Gasteiger partial charge in [-0.25, -0.2) is 9.38 Å². The number of aliphatic imine (C=N–C) groups is 1. The van der Waals surface area contributed by atoms with E-state index in [9.17, 15) is 14.0 Å². The quantitative estimate of drug-likeness (QED) is 0.573. The van der Waals surface area contributed by atoms with Crippen LogP contribution in [-0.4, -0.2) is 60.4 Å². The van der Waals surface area contributed by atoms with Crippen molar-refractivity contribution >= 4 is 17.8 Å². The zero-order valence-corrected chi connectivity index (χ0v) is 18.0. The molecule has 0 aromatic heterocycles. The van der Waals surface area contributed by atoms with Crippen molar-refractivity contribution in [2.75, 3.05) is 32.8 Å². The highest BCUT2D eigenvalue weighted by Gasteiger charge is 2.42. The molecule has 1 saturated heterocycles. The lowest BCUT2D eigenvalue weighted by atomic mass is 9.91. The second-order valence-corrected chi connectivity index (χ2v) is 7.92. The van der Waals surface area contributed by atoms with Gasteiger partial charge in [0.25, 0.3) is 0 Å². The zero-order chi connectivity index (χ0) is 22.5. The molecule has 32 heavy (non-hydrogen) atoms. The first-order valence-electron chi connectivity index (χ1n) is 10.9. The fourth-order valence-corrected chi connectivity index (χ4v) is 4.08. The summed E-state index contributed by atoms with van der Waals surface area (Å²) in [5.74, 6) is -2.13. The second kappa shape index (κ2) is 9.91. The van der Waals surface area contributed by atoms with E-state index >= 15 is 0 Å². The van der Waals surface area contributed by atoms with E-state index in [4.69, 9.17) is 9.73 Å². The van der Waals surface area contributed by atoms with Gasteiger partial charge >= 0.3 is 5.97 Å². The number of nitrogens with one attached hydrogen (secondary N) is 1. The van der Waals surface area contributed by atoms with Crippen LogP contribution in [0.15, 0.2) is 59.6 Å². The Labute approximate surface area is 186 Å². The van der Waals surface area contributed by atoms with Gasteiger partial charge in [-0.3, -0.25) is 19.8 Å². The number of guanidine groups is 1. The molecule has 168 valence electrons. The maximum atomic E-state index is 13.4. The molecule has 2 heterocycles. The van der Waals surface area contributed by atoms with Crippen LogP contribution in [0, 0.1) is 11.7 Å². The maximum Gasteiger partial charge on any atom is 0.321 e. The molecule has 2 aromatic carbocycles. The van der Waals surface area contributed by atoms with Crippen molar-refractivity contribution in [3.05, 3.63) is 71.5 Å². The molecule has 0 unspecified atom stereocenters. The molecule has 2 aliphatic rings. The number of benzene rings is 2. The van der Waals surface area contributed by atoms with E-state index < -0.39 is 23.8 Å². The van der Waals surface area contributed by atoms with Gasteiger partial charge in [0.05, 0.1) is 6.61 Å². The summed E-state index contributed by atoms with van der Waals surface area (Å²) in [5, 5.41) is 2.79. The first-order chi connectivity index (χ1) is 15.5. The average molecular weight is 439 g/mol. The van der Waals surface area contributed by atoms with Crippen molar-refractivity contribution in [1.82, 2.24) is 15.1 Å². The molecule has 7 nitrogen and oxygen atoms in total. The molecule has 2 aromatic rings. The number of hydrogen-bond donors (Lipinski definition) is 1. The molecule has 4 rings (SSSR count). The van der Waals surface area contributed by atoms with Crippen molar-refractivity contribution in [2.45, 2.75) is 19.5 Å². The van der Waals surface area contributed by atoms with Gasteiger partial charge in [-0.15, -0.1) is 0 Å². The summed E-state index contributed by atoms with van der Waals surface area (Å²) >= 11 is 0. The molecule has 2 atom stereocenters. The molecule has 0 spiro atoms. The number of rotatable bonds is 5. The fourth-order valence-electron chi connectivity index (χ4n) is 4.08. The minimum Gasteiger partial charge on any atom is -0.465 e. The first-order valence-corrected chi connectivity index (χ1v) is 10.9. The summed E-state index contributed by atoms with van der Waals surface area (Å²) in [7, 11) is 0. The van der Waals surface area contributed by atoms with Crippen LogP contribution in [0.3, 0.4) is 0 Å². The standard InChI is InChI=1S/C24H27FN4O3/c1-2-32-23(31)20-21(18-8-10-19(25)11-9-18)26-24(27-22(20)30)29-14-12-28(13-15-29)16-17-6-4-3-5-7-17/h3-11,20-21H,2,12-16H2,1H3,(H,26,27,30)/t20-,21-/m0/s1. The fraction of sp³-hybridized carbons (Fsp3) is 0.375. The van der Waals surface area contributed by atoms with Crippen molar-refractivity contribution in [1.29, 1.82) is 0 Å². The lowest BCUT2D eigenvalue weighted by molar-refractivity contribution is -0.153. The number of nitrogens with zero attached hydrogens (tertiary/aromatic N) is 3. The van der Waals surface area contributed by atoms with Gasteiger partial charge in [0.2, 0.25) is 11.9 Å². The van der Waals surface area contributed by atoms with Gasteiger partial charge in [0, 0.05) is 32.7 Å². The summed E-state index contributed by atoms with van der Waals surface area (Å²) in [6, 6.07) is 15.3. The summed E-state index contributed by atoms with van der Waals surface area (Å²) < 4.78 is 18.6. The smallest absolute Gasteiger partial charge is 0.321 e. The predicted molar refractivity (Wildman–Crippen MR) is 118 cm³/mol. The molecule has 2 aliphatic heterocycles. The number of amides is 1. The summed E-state index contributed by atoms with van der Waals surface area (Å²) in [6.45, 7) is 5.78. The topological polar surface area (TPSA) is 74.2 Å². The summed E-state index contributed by atoms with van der Waals surface area (Å²) in [5.41, 5.74) is 1.86. The Morgan fingerprint density at radius 3 is 2.44 bits per heavy atom. The highest BCUT2D eigenvalue weighted by atomic mass is 19.1. The monoisotopic (exact) mass is 438 g/mol. The maximum absolute atomic E-state index is 13.4. The Hall–Kier alpha value is -3.26. The van der Waals surface area contributed by atoms with E-state index in [0.29, 0.717) is 24.6 Å². The largest absolute Gasteiger partial charge is 0.465 e. The van der Waals surface area contributed by atoms with E-state index in [1.165, 1.54) is 17.7 Å². The normalized spacial score (nSPS) is 21.6. The molecule has 0 radical (unpaired) electrons. The highest BCUT2D eigenvalue weighted by Crippen LogP contribution is 2.31. The van der Waals surface area contributed by atoms with Crippen LogP contribution in [0.5, 0.6) is 0 Å². The Morgan fingerprint density at radius 1 is 1.09 bits per heavy atom. The third-order valence-electron chi connectivity index (χ3n) is 5.77. The van der Waals surface area contributed by atoms with Crippen LogP contribution in [0.4, 0.5) is 4.39 Å². The van der Waals surface area contributed by atoms with Crippen molar-refractivity contribution in [2.24, 2.45) is 10.9 Å². The summed E-state index contributed by atoms with van der Waals surface area (Å²) in [4.78, 5) is 34.5. The van der Waals surface area contributed by atoms with E-state index in [1.807, 2.05) is 23.1 Å². The van der Waals surface area contributed by atoms with Crippen LogP contribution in [-0.2, 0) is 20.9 Å². The van der Waals surface area contributed by atoms with Crippen molar-refractivity contribution < 1.29 is 18.7 Å². The van der Waals surface area contributed by atoms with Gasteiger partial charge < -0.3 is 9.64 Å². The van der Waals surface area contributed by atoms with E-state index in [2.05, 4.69) is 22.3 Å². The Morgan fingerprint density at radius 2 is 1.78 bits per heavy atom. The lowest BCUT2D eigenvalue weighted by Gasteiger charge is -2.39. The Kier molecular flexibility index (Phi) is 6.80. The Balaban J connectivity index is 1.51. The highest BCUT2D eigenvalue weighted by molar-refractivity contribution is 6.08. The van der Waals surface area contributed by atoms with Gasteiger partial charge in [0.15, 0.2) is 5.92 Å². The molecule has 0 aliphatic carbocycles. The molecule has 0 saturated carbocycles. The number of esters is 1. The van der Waals surface area contributed by atoms with Gasteiger partial charge in [0.1, 0.15) is 11.9 Å². The van der Waals surface area contributed by atoms with Crippen LogP contribution in [0.25, 0.3) is 0 Å². The van der Waals surface area contributed by atoms with Gasteiger partial charge in [-0.1, -0.05) is 42.5 Å². The molecule has 8 heteroatoms. The van der Waals surface area contributed by atoms with E-state index in [0.717, 1.165) is 19.6 Å². The first kappa shape index (κ1) is 22.0. The Bertz CT molecular complexity index is 972. The van der Waals surface area contributed by atoms with Gasteiger partial charge in [-0.05, 0) is 30.2 Å².